The highest BCUT2D eigenvalue weighted by atomic mass is 35.5. The maximum Gasteiger partial charge on any atom is 0.242 e. The SMILES string of the molecule is COc1ccc(N(C(=O)CCl)[C@H](C)C2CC2)cc1. The highest BCUT2D eigenvalue weighted by Crippen LogP contribution is 2.37. The number of amides is 1. The summed E-state index contributed by atoms with van der Waals surface area (Å²) in [4.78, 5) is 13.8. The zero-order valence-corrected chi connectivity index (χ0v) is 11.5. The molecule has 1 aliphatic rings. The molecule has 0 aliphatic heterocycles. The summed E-state index contributed by atoms with van der Waals surface area (Å²) >= 11 is 5.71. The highest BCUT2D eigenvalue weighted by molar-refractivity contribution is 6.29. The zero-order chi connectivity index (χ0) is 13.1. The first-order valence-corrected chi connectivity index (χ1v) is 6.73. The molecule has 1 atom stereocenters. The van der Waals surface area contributed by atoms with Crippen molar-refractivity contribution in [1.29, 1.82) is 0 Å². The van der Waals surface area contributed by atoms with Gasteiger partial charge in [-0.3, -0.25) is 4.79 Å². The summed E-state index contributed by atoms with van der Waals surface area (Å²) in [5.41, 5.74) is 0.890. The predicted molar refractivity (Wildman–Crippen MR) is 73.4 cm³/mol. The van der Waals surface area contributed by atoms with Crippen LogP contribution in [0.1, 0.15) is 19.8 Å². The first-order valence-electron chi connectivity index (χ1n) is 6.19. The second-order valence-electron chi connectivity index (χ2n) is 4.67. The van der Waals surface area contributed by atoms with E-state index in [1.54, 1.807) is 7.11 Å². The lowest BCUT2D eigenvalue weighted by Gasteiger charge is -2.29. The molecule has 18 heavy (non-hydrogen) atoms. The molecule has 1 amide bonds. The van der Waals surface area contributed by atoms with Crippen LogP contribution in [0.5, 0.6) is 5.75 Å². The molecule has 0 heterocycles. The molecule has 0 aromatic heterocycles. The van der Waals surface area contributed by atoms with Gasteiger partial charge in [0.25, 0.3) is 0 Å². The predicted octanol–water partition coefficient (Wildman–Crippen LogP) is 3.07. The Kier molecular flexibility index (Phi) is 4.12. The molecule has 0 spiro atoms. The average Bonchev–Trinajstić information content (AvgIpc) is 3.23. The van der Waals surface area contributed by atoms with Gasteiger partial charge in [-0.15, -0.1) is 11.6 Å². The first-order chi connectivity index (χ1) is 8.67. The van der Waals surface area contributed by atoms with Crippen LogP contribution in [0.4, 0.5) is 5.69 Å². The van der Waals surface area contributed by atoms with E-state index in [1.165, 1.54) is 12.8 Å². The van der Waals surface area contributed by atoms with Crippen molar-refractivity contribution in [3.05, 3.63) is 24.3 Å². The Morgan fingerprint density at radius 3 is 2.50 bits per heavy atom. The summed E-state index contributed by atoms with van der Waals surface area (Å²) in [6.45, 7) is 2.09. The smallest absolute Gasteiger partial charge is 0.242 e. The fourth-order valence-corrected chi connectivity index (χ4v) is 2.33. The Morgan fingerprint density at radius 2 is 2.06 bits per heavy atom. The van der Waals surface area contributed by atoms with Crippen LogP contribution in [0, 0.1) is 5.92 Å². The second-order valence-corrected chi connectivity index (χ2v) is 4.94. The van der Waals surface area contributed by atoms with Gasteiger partial charge in [0.2, 0.25) is 5.91 Å². The number of ether oxygens (including phenoxy) is 1. The fourth-order valence-electron chi connectivity index (χ4n) is 2.20. The number of hydrogen-bond acceptors (Lipinski definition) is 2. The quantitative estimate of drug-likeness (QED) is 0.768. The van der Waals surface area contributed by atoms with Crippen molar-refractivity contribution in [2.75, 3.05) is 17.9 Å². The molecule has 1 aliphatic carbocycles. The van der Waals surface area contributed by atoms with Crippen LogP contribution in [0.25, 0.3) is 0 Å². The molecule has 98 valence electrons. The third-order valence-electron chi connectivity index (χ3n) is 3.45. The number of methoxy groups -OCH3 is 1. The number of benzene rings is 1. The van der Waals surface area contributed by atoms with E-state index in [9.17, 15) is 4.79 Å². The molecule has 4 heteroatoms. The van der Waals surface area contributed by atoms with Crippen molar-refractivity contribution >= 4 is 23.2 Å². The Balaban J connectivity index is 2.23. The van der Waals surface area contributed by atoms with E-state index < -0.39 is 0 Å². The second kappa shape index (κ2) is 5.61. The van der Waals surface area contributed by atoms with Gasteiger partial charge in [-0.05, 0) is 49.9 Å². The van der Waals surface area contributed by atoms with Crippen LogP contribution in [0.15, 0.2) is 24.3 Å². The summed E-state index contributed by atoms with van der Waals surface area (Å²) in [7, 11) is 1.63. The summed E-state index contributed by atoms with van der Waals surface area (Å²) in [5, 5.41) is 0. The Hall–Kier alpha value is -1.22. The summed E-state index contributed by atoms with van der Waals surface area (Å²) in [6, 6.07) is 7.75. The van der Waals surface area contributed by atoms with Crippen LogP contribution in [-0.4, -0.2) is 24.9 Å². The van der Waals surface area contributed by atoms with Gasteiger partial charge in [0.05, 0.1) is 7.11 Å². The maximum atomic E-state index is 12.0. The number of carbonyl (C=O) groups is 1. The number of rotatable bonds is 5. The van der Waals surface area contributed by atoms with Crippen LogP contribution in [0.3, 0.4) is 0 Å². The molecular formula is C14H18ClNO2. The number of halogens is 1. The van der Waals surface area contributed by atoms with Crippen LogP contribution < -0.4 is 9.64 Å². The third-order valence-corrected chi connectivity index (χ3v) is 3.67. The lowest BCUT2D eigenvalue weighted by Crippen LogP contribution is -2.40. The Morgan fingerprint density at radius 1 is 1.44 bits per heavy atom. The number of anilines is 1. The maximum absolute atomic E-state index is 12.0. The molecule has 2 rings (SSSR count). The number of hydrogen-bond donors (Lipinski definition) is 0. The minimum absolute atomic E-state index is 0.0170. The van der Waals surface area contributed by atoms with Crippen LogP contribution in [0.2, 0.25) is 0 Å². The molecule has 1 aromatic rings. The van der Waals surface area contributed by atoms with Gasteiger partial charge in [0.1, 0.15) is 11.6 Å². The van der Waals surface area contributed by atoms with Crippen molar-refractivity contribution in [2.24, 2.45) is 5.92 Å². The number of alkyl halides is 1. The van der Waals surface area contributed by atoms with E-state index in [-0.39, 0.29) is 17.8 Å². The average molecular weight is 268 g/mol. The van der Waals surface area contributed by atoms with Gasteiger partial charge in [-0.1, -0.05) is 0 Å². The van der Waals surface area contributed by atoms with Crippen molar-refractivity contribution < 1.29 is 9.53 Å². The van der Waals surface area contributed by atoms with Gasteiger partial charge in [0, 0.05) is 11.7 Å². The standard InChI is InChI=1S/C14H18ClNO2/c1-10(11-3-4-11)16(14(17)9-15)12-5-7-13(18-2)8-6-12/h5-8,10-11H,3-4,9H2,1-2H3/t10-/m1/s1. The summed E-state index contributed by atoms with van der Waals surface area (Å²) < 4.78 is 5.13. The Bertz CT molecular complexity index is 414. The van der Waals surface area contributed by atoms with Crippen molar-refractivity contribution in [3.8, 4) is 5.75 Å². The molecule has 1 saturated carbocycles. The van der Waals surface area contributed by atoms with Gasteiger partial charge < -0.3 is 9.64 Å². The van der Waals surface area contributed by atoms with E-state index in [0.29, 0.717) is 5.92 Å². The minimum Gasteiger partial charge on any atom is -0.497 e. The van der Waals surface area contributed by atoms with Crippen molar-refractivity contribution in [1.82, 2.24) is 0 Å². The van der Waals surface area contributed by atoms with Crippen molar-refractivity contribution in [3.63, 3.8) is 0 Å². The zero-order valence-electron chi connectivity index (χ0n) is 10.7. The number of carbonyl (C=O) groups excluding carboxylic acids is 1. The number of nitrogens with zero attached hydrogens (tertiary/aromatic N) is 1. The monoisotopic (exact) mass is 267 g/mol. The van der Waals surface area contributed by atoms with E-state index in [4.69, 9.17) is 16.3 Å². The molecule has 0 saturated heterocycles. The first kappa shape index (κ1) is 13.2. The van der Waals surface area contributed by atoms with Gasteiger partial charge >= 0.3 is 0 Å². The molecular weight excluding hydrogens is 250 g/mol. The minimum atomic E-state index is -0.0405. The molecule has 3 nitrogen and oxygen atoms in total. The Labute approximate surface area is 113 Å². The van der Waals surface area contributed by atoms with E-state index in [2.05, 4.69) is 6.92 Å². The highest BCUT2D eigenvalue weighted by Gasteiger charge is 2.34. The topological polar surface area (TPSA) is 29.5 Å². The van der Waals surface area contributed by atoms with Crippen LogP contribution in [-0.2, 0) is 4.79 Å². The molecule has 0 bridgehead atoms. The molecule has 1 aromatic carbocycles. The lowest BCUT2D eigenvalue weighted by atomic mass is 10.1. The van der Waals surface area contributed by atoms with E-state index in [1.807, 2.05) is 29.2 Å². The fraction of sp³-hybridized carbons (Fsp3) is 0.500. The van der Waals surface area contributed by atoms with Gasteiger partial charge in [0.15, 0.2) is 0 Å². The van der Waals surface area contributed by atoms with E-state index >= 15 is 0 Å². The largest absolute Gasteiger partial charge is 0.497 e. The molecule has 0 unspecified atom stereocenters. The van der Waals surface area contributed by atoms with E-state index in [0.717, 1.165) is 11.4 Å². The normalized spacial score (nSPS) is 16.2. The molecule has 0 N–H and O–H groups in total. The summed E-state index contributed by atoms with van der Waals surface area (Å²) in [5.74, 6) is 1.37. The molecule has 0 radical (unpaired) electrons. The van der Waals surface area contributed by atoms with Gasteiger partial charge in [-0.25, -0.2) is 0 Å². The van der Waals surface area contributed by atoms with Crippen LogP contribution >= 0.6 is 11.6 Å². The third kappa shape index (κ3) is 2.78. The summed E-state index contributed by atoms with van der Waals surface area (Å²) in [6.07, 6.45) is 2.40. The van der Waals surface area contributed by atoms with Gasteiger partial charge in [-0.2, -0.15) is 0 Å². The van der Waals surface area contributed by atoms with Crippen molar-refractivity contribution in [2.45, 2.75) is 25.8 Å². The molecule has 1 fully saturated rings. The lowest BCUT2D eigenvalue weighted by molar-refractivity contribution is -0.116.